The van der Waals surface area contributed by atoms with Crippen molar-refractivity contribution in [2.75, 3.05) is 26.2 Å². The SMILES string of the molecule is O=S(=O)(N1CCCC1)N1CCC[C@H](c2nccnc2-n2ccnc2)C1. The maximum atomic E-state index is 12.9. The van der Waals surface area contributed by atoms with E-state index in [9.17, 15) is 8.42 Å². The largest absolute Gasteiger partial charge is 0.289 e. The summed E-state index contributed by atoms with van der Waals surface area (Å²) in [6.45, 7) is 2.30. The monoisotopic (exact) mass is 362 g/mol. The van der Waals surface area contributed by atoms with Crippen molar-refractivity contribution in [3.05, 3.63) is 36.8 Å². The molecule has 2 fully saturated rings. The fourth-order valence-electron chi connectivity index (χ4n) is 3.67. The molecule has 2 aromatic heterocycles. The first-order valence-electron chi connectivity index (χ1n) is 8.71. The van der Waals surface area contributed by atoms with Crippen LogP contribution in [0.2, 0.25) is 0 Å². The van der Waals surface area contributed by atoms with Gasteiger partial charge in [-0.15, -0.1) is 0 Å². The lowest BCUT2D eigenvalue weighted by Crippen LogP contribution is -2.46. The van der Waals surface area contributed by atoms with Gasteiger partial charge in [-0.25, -0.2) is 9.97 Å². The third kappa shape index (κ3) is 3.19. The van der Waals surface area contributed by atoms with Crippen LogP contribution in [0.1, 0.15) is 37.3 Å². The zero-order valence-corrected chi connectivity index (χ0v) is 14.8. The Morgan fingerprint density at radius 1 is 0.960 bits per heavy atom. The van der Waals surface area contributed by atoms with Crippen molar-refractivity contribution in [1.82, 2.24) is 28.1 Å². The van der Waals surface area contributed by atoms with Gasteiger partial charge in [0.15, 0.2) is 5.82 Å². The number of aromatic nitrogens is 4. The summed E-state index contributed by atoms with van der Waals surface area (Å²) in [4.78, 5) is 13.0. The van der Waals surface area contributed by atoms with Crippen LogP contribution < -0.4 is 0 Å². The molecule has 8 nitrogen and oxygen atoms in total. The summed E-state index contributed by atoms with van der Waals surface area (Å²) >= 11 is 0. The molecule has 25 heavy (non-hydrogen) atoms. The second-order valence-corrected chi connectivity index (χ2v) is 8.47. The molecule has 0 amide bonds. The van der Waals surface area contributed by atoms with Crippen LogP contribution in [0.25, 0.3) is 5.82 Å². The molecular weight excluding hydrogens is 340 g/mol. The maximum Gasteiger partial charge on any atom is 0.281 e. The first-order chi connectivity index (χ1) is 12.2. The van der Waals surface area contributed by atoms with Gasteiger partial charge >= 0.3 is 0 Å². The molecule has 0 spiro atoms. The van der Waals surface area contributed by atoms with E-state index in [4.69, 9.17) is 0 Å². The van der Waals surface area contributed by atoms with Crippen LogP contribution in [0, 0.1) is 0 Å². The molecule has 1 atom stereocenters. The van der Waals surface area contributed by atoms with E-state index in [0.717, 1.165) is 37.2 Å². The molecule has 0 radical (unpaired) electrons. The number of hydrogen-bond donors (Lipinski definition) is 0. The number of hydrogen-bond acceptors (Lipinski definition) is 5. The van der Waals surface area contributed by atoms with Gasteiger partial charge in [0.1, 0.15) is 6.33 Å². The highest BCUT2D eigenvalue weighted by molar-refractivity contribution is 7.86. The molecule has 2 aliphatic rings. The number of piperidine rings is 1. The average Bonchev–Trinajstić information content (AvgIpc) is 3.36. The van der Waals surface area contributed by atoms with Crippen LogP contribution in [0.3, 0.4) is 0 Å². The van der Waals surface area contributed by atoms with Gasteiger partial charge in [0.05, 0.1) is 5.69 Å². The van der Waals surface area contributed by atoms with E-state index in [1.54, 1.807) is 33.5 Å². The predicted molar refractivity (Wildman–Crippen MR) is 92.4 cm³/mol. The summed E-state index contributed by atoms with van der Waals surface area (Å²) in [6, 6.07) is 0. The van der Waals surface area contributed by atoms with Gasteiger partial charge in [0, 0.05) is 56.9 Å². The average molecular weight is 362 g/mol. The Bertz CT molecular complexity index is 817. The van der Waals surface area contributed by atoms with Crippen molar-refractivity contribution < 1.29 is 8.42 Å². The van der Waals surface area contributed by atoms with E-state index in [1.165, 1.54) is 0 Å². The second-order valence-electron chi connectivity index (χ2n) is 6.55. The van der Waals surface area contributed by atoms with Crippen LogP contribution in [0.15, 0.2) is 31.1 Å². The van der Waals surface area contributed by atoms with Gasteiger partial charge in [0.25, 0.3) is 10.2 Å². The first-order valence-corrected chi connectivity index (χ1v) is 10.1. The summed E-state index contributed by atoms with van der Waals surface area (Å²) in [5, 5.41) is 0. The topological polar surface area (TPSA) is 84.2 Å². The van der Waals surface area contributed by atoms with Crippen LogP contribution >= 0.6 is 0 Å². The summed E-state index contributed by atoms with van der Waals surface area (Å²) in [7, 11) is -3.37. The highest BCUT2D eigenvalue weighted by Crippen LogP contribution is 2.31. The summed E-state index contributed by atoms with van der Waals surface area (Å²) < 4.78 is 30.8. The lowest BCUT2D eigenvalue weighted by Gasteiger charge is -2.34. The molecule has 0 unspecified atom stereocenters. The molecular formula is C16H22N6O2S. The molecule has 0 N–H and O–H groups in total. The predicted octanol–water partition coefficient (Wildman–Crippen LogP) is 1.18. The highest BCUT2D eigenvalue weighted by atomic mass is 32.2. The minimum absolute atomic E-state index is 0.0391. The van der Waals surface area contributed by atoms with Gasteiger partial charge in [-0.1, -0.05) is 0 Å². The minimum atomic E-state index is -3.37. The Labute approximate surface area is 147 Å². The quantitative estimate of drug-likeness (QED) is 0.815. The number of nitrogens with zero attached hydrogens (tertiary/aromatic N) is 6. The minimum Gasteiger partial charge on any atom is -0.289 e. The second kappa shape index (κ2) is 6.81. The van der Waals surface area contributed by atoms with E-state index in [-0.39, 0.29) is 5.92 Å². The molecule has 2 aliphatic heterocycles. The van der Waals surface area contributed by atoms with Crippen LogP contribution in [0.4, 0.5) is 0 Å². The molecule has 9 heteroatoms. The Morgan fingerprint density at radius 2 is 1.72 bits per heavy atom. The smallest absolute Gasteiger partial charge is 0.281 e. The maximum absolute atomic E-state index is 12.9. The summed E-state index contributed by atoms with van der Waals surface area (Å²) in [5.74, 6) is 0.766. The number of imidazole rings is 1. The van der Waals surface area contributed by atoms with Crippen molar-refractivity contribution in [3.63, 3.8) is 0 Å². The van der Waals surface area contributed by atoms with Crippen LogP contribution in [-0.2, 0) is 10.2 Å². The van der Waals surface area contributed by atoms with E-state index >= 15 is 0 Å². The van der Waals surface area contributed by atoms with E-state index < -0.39 is 10.2 Å². The fourth-order valence-corrected chi connectivity index (χ4v) is 5.44. The summed E-state index contributed by atoms with van der Waals surface area (Å²) in [6.07, 6.45) is 12.2. The summed E-state index contributed by atoms with van der Waals surface area (Å²) in [5.41, 5.74) is 0.835. The van der Waals surface area contributed by atoms with Gasteiger partial charge in [-0.3, -0.25) is 9.55 Å². The van der Waals surface area contributed by atoms with Gasteiger partial charge in [0.2, 0.25) is 0 Å². The van der Waals surface area contributed by atoms with Gasteiger partial charge in [-0.05, 0) is 25.7 Å². The van der Waals surface area contributed by atoms with Crippen molar-refractivity contribution in [3.8, 4) is 5.82 Å². The lowest BCUT2D eigenvalue weighted by molar-refractivity contribution is 0.289. The van der Waals surface area contributed by atoms with E-state index in [1.807, 2.05) is 10.8 Å². The molecule has 4 rings (SSSR count). The molecule has 0 bridgehead atoms. The van der Waals surface area contributed by atoms with Gasteiger partial charge < -0.3 is 0 Å². The lowest BCUT2D eigenvalue weighted by atomic mass is 9.95. The molecule has 134 valence electrons. The Balaban J connectivity index is 1.60. The van der Waals surface area contributed by atoms with E-state index in [2.05, 4.69) is 15.0 Å². The number of rotatable bonds is 4. The zero-order valence-electron chi connectivity index (χ0n) is 14.0. The van der Waals surface area contributed by atoms with Crippen LogP contribution in [0.5, 0.6) is 0 Å². The normalized spacial score (nSPS) is 23.1. The van der Waals surface area contributed by atoms with Crippen molar-refractivity contribution >= 4 is 10.2 Å². The first kappa shape index (κ1) is 16.6. The standard InChI is InChI=1S/C16H22N6O2S/c23-25(24,21-8-1-2-9-21)22-10-3-4-14(12-22)15-16(19-6-5-18-15)20-11-7-17-13-20/h5-7,11,13-14H,1-4,8-10,12H2/t14-/m0/s1. The molecule has 2 saturated heterocycles. The molecule has 0 aromatic carbocycles. The van der Waals surface area contributed by atoms with Crippen molar-refractivity contribution in [2.24, 2.45) is 0 Å². The van der Waals surface area contributed by atoms with E-state index in [0.29, 0.717) is 26.2 Å². The highest BCUT2D eigenvalue weighted by Gasteiger charge is 2.36. The molecule has 4 heterocycles. The molecule has 2 aromatic rings. The van der Waals surface area contributed by atoms with Crippen molar-refractivity contribution in [2.45, 2.75) is 31.6 Å². The van der Waals surface area contributed by atoms with Crippen LogP contribution in [-0.4, -0.2) is 62.7 Å². The third-order valence-corrected chi connectivity index (χ3v) is 6.95. The van der Waals surface area contributed by atoms with Crippen molar-refractivity contribution in [1.29, 1.82) is 0 Å². The Kier molecular flexibility index (Phi) is 4.53. The third-order valence-electron chi connectivity index (χ3n) is 4.94. The molecule has 0 saturated carbocycles. The Morgan fingerprint density at radius 3 is 2.48 bits per heavy atom. The Hall–Kier alpha value is -1.84. The fraction of sp³-hybridized carbons (Fsp3) is 0.562. The van der Waals surface area contributed by atoms with Gasteiger partial charge in [-0.2, -0.15) is 17.0 Å². The molecule has 0 aliphatic carbocycles. The zero-order chi connectivity index (χ0) is 17.3.